The number of carbonyl (C=O) groups is 1. The van der Waals surface area contributed by atoms with E-state index in [1.165, 1.54) is 7.11 Å². The molecule has 2 N–H and O–H groups in total. The summed E-state index contributed by atoms with van der Waals surface area (Å²) < 4.78 is 7.70. The molecule has 9 heteroatoms. The van der Waals surface area contributed by atoms with Gasteiger partial charge >= 0.3 is 0 Å². The van der Waals surface area contributed by atoms with Gasteiger partial charge in [0.25, 0.3) is 11.5 Å². The van der Waals surface area contributed by atoms with Gasteiger partial charge in [-0.05, 0) is 51.7 Å². The average molecular weight is 515 g/mol. The minimum atomic E-state index is -0.261. The summed E-state index contributed by atoms with van der Waals surface area (Å²) in [4.78, 5) is 39.8. The van der Waals surface area contributed by atoms with Gasteiger partial charge in [-0.3, -0.25) is 14.6 Å². The molecule has 1 atom stereocenters. The number of ether oxygens (including phenoxy) is 1. The average Bonchev–Trinajstić information content (AvgIpc) is 3.23. The topological polar surface area (TPSA) is 105 Å². The van der Waals surface area contributed by atoms with Gasteiger partial charge in [-0.25, -0.2) is 4.98 Å². The molecule has 3 aromatic heterocycles. The lowest BCUT2D eigenvalue weighted by molar-refractivity contribution is 0.0951. The van der Waals surface area contributed by atoms with Gasteiger partial charge in [-0.1, -0.05) is 18.2 Å². The molecule has 1 saturated heterocycles. The molecule has 1 amide bonds. The monoisotopic (exact) mass is 514 g/mol. The first kappa shape index (κ1) is 25.5. The van der Waals surface area contributed by atoms with E-state index in [0.29, 0.717) is 28.5 Å². The highest BCUT2D eigenvalue weighted by atomic mass is 16.5. The predicted octanol–water partition coefficient (Wildman–Crippen LogP) is 4.15. The Balaban J connectivity index is 1.39. The number of methoxy groups -OCH3 is 1. The van der Waals surface area contributed by atoms with Crippen molar-refractivity contribution in [2.45, 2.75) is 46.2 Å². The number of amides is 1. The largest absolute Gasteiger partial charge is 0.496 e. The number of hydrogen-bond donors (Lipinski definition) is 2. The van der Waals surface area contributed by atoms with Gasteiger partial charge in [0, 0.05) is 53.8 Å². The zero-order chi connectivity index (χ0) is 26.8. The zero-order valence-electron chi connectivity index (χ0n) is 22.3. The van der Waals surface area contributed by atoms with Gasteiger partial charge < -0.3 is 24.5 Å². The Morgan fingerprint density at radius 1 is 1.21 bits per heavy atom. The van der Waals surface area contributed by atoms with Crippen molar-refractivity contribution >= 4 is 22.6 Å². The SMILES string of the molecule is COc1cc(C)[nH]c(=O)c1CNC(=O)c1c(C)n(C(C)C2CCN(c3cnccn3)CC2)c2ccccc12. The number of H-pyrrole nitrogens is 1. The van der Waals surface area contributed by atoms with Crippen LogP contribution >= 0.6 is 0 Å². The molecule has 38 heavy (non-hydrogen) atoms. The van der Waals surface area contributed by atoms with E-state index < -0.39 is 0 Å². The standard InChI is InChI=1S/C29H34N6O3/c1-18-15-25(38-4)23(28(36)33-18)16-32-29(37)27-20(3)35(24-8-6-5-7-22(24)27)19(2)21-9-13-34(14-10-21)26-17-30-11-12-31-26/h5-8,11-12,15,17,19,21H,9-10,13-14,16H2,1-4H3,(H,32,37)(H,33,36). The molecule has 1 aliphatic rings. The predicted molar refractivity (Wildman–Crippen MR) is 148 cm³/mol. The first-order chi connectivity index (χ1) is 18.4. The van der Waals surface area contributed by atoms with Gasteiger partial charge in [-0.15, -0.1) is 0 Å². The number of rotatable bonds is 7. The Hall–Kier alpha value is -4.14. The summed E-state index contributed by atoms with van der Waals surface area (Å²) in [7, 11) is 1.52. The quantitative estimate of drug-likeness (QED) is 0.384. The molecule has 0 bridgehead atoms. The van der Waals surface area contributed by atoms with Crippen molar-refractivity contribution in [2.24, 2.45) is 5.92 Å². The lowest BCUT2D eigenvalue weighted by atomic mass is 9.90. The van der Waals surface area contributed by atoms with E-state index in [2.05, 4.69) is 42.7 Å². The molecule has 1 unspecified atom stereocenters. The van der Waals surface area contributed by atoms with Crippen LogP contribution in [0.2, 0.25) is 0 Å². The van der Waals surface area contributed by atoms with E-state index in [9.17, 15) is 9.59 Å². The fourth-order valence-corrected chi connectivity index (χ4v) is 5.77. The fourth-order valence-electron chi connectivity index (χ4n) is 5.77. The van der Waals surface area contributed by atoms with Gasteiger partial charge in [0.05, 0.1) is 31.0 Å². The molecule has 198 valence electrons. The number of aromatic nitrogens is 4. The van der Waals surface area contributed by atoms with Crippen LogP contribution in [0.25, 0.3) is 10.9 Å². The summed E-state index contributed by atoms with van der Waals surface area (Å²) >= 11 is 0. The Morgan fingerprint density at radius 3 is 2.68 bits per heavy atom. The highest BCUT2D eigenvalue weighted by Gasteiger charge is 2.29. The Labute approximate surface area is 221 Å². The number of benzene rings is 1. The molecular weight excluding hydrogens is 480 g/mol. The van der Waals surface area contributed by atoms with E-state index in [0.717, 1.165) is 48.3 Å². The third kappa shape index (κ3) is 4.76. The molecule has 0 radical (unpaired) electrons. The van der Waals surface area contributed by atoms with Crippen LogP contribution in [-0.2, 0) is 6.54 Å². The molecule has 0 aliphatic carbocycles. The van der Waals surface area contributed by atoms with Crippen molar-refractivity contribution in [1.29, 1.82) is 0 Å². The normalized spacial score (nSPS) is 15.0. The summed E-state index contributed by atoms with van der Waals surface area (Å²) in [5, 5.41) is 3.88. The Kier molecular flexibility index (Phi) is 7.18. The molecule has 4 heterocycles. The second-order valence-electron chi connectivity index (χ2n) is 9.99. The number of carbonyl (C=O) groups excluding carboxylic acids is 1. The van der Waals surface area contributed by atoms with Crippen LogP contribution in [0, 0.1) is 19.8 Å². The summed E-state index contributed by atoms with van der Waals surface area (Å²) in [5.74, 6) is 1.64. The minimum absolute atomic E-state index is 0.0763. The second-order valence-corrected chi connectivity index (χ2v) is 9.99. The molecule has 1 aromatic carbocycles. The van der Waals surface area contributed by atoms with Gasteiger partial charge in [0.2, 0.25) is 0 Å². The summed E-state index contributed by atoms with van der Waals surface area (Å²) in [6.07, 6.45) is 7.30. The maximum absolute atomic E-state index is 13.5. The van der Waals surface area contributed by atoms with E-state index in [1.807, 2.05) is 31.3 Å². The molecule has 0 saturated carbocycles. The van der Waals surface area contributed by atoms with Crippen LogP contribution < -0.4 is 20.5 Å². The highest BCUT2D eigenvalue weighted by molar-refractivity contribution is 6.08. The van der Waals surface area contributed by atoms with Gasteiger partial charge in [0.15, 0.2) is 0 Å². The Bertz CT molecular complexity index is 1500. The maximum Gasteiger partial charge on any atom is 0.256 e. The van der Waals surface area contributed by atoms with Crippen molar-refractivity contribution in [2.75, 3.05) is 25.1 Å². The molecule has 4 aromatic rings. The van der Waals surface area contributed by atoms with E-state index in [4.69, 9.17) is 4.74 Å². The third-order valence-electron chi connectivity index (χ3n) is 7.76. The molecule has 1 fully saturated rings. The molecular formula is C29H34N6O3. The summed E-state index contributed by atoms with van der Waals surface area (Å²) in [5.41, 5.74) is 3.46. The van der Waals surface area contributed by atoms with Crippen molar-refractivity contribution < 1.29 is 9.53 Å². The molecule has 0 spiro atoms. The number of aromatic amines is 1. The number of nitrogens with one attached hydrogen (secondary N) is 2. The fraction of sp³-hybridized carbons (Fsp3) is 0.379. The third-order valence-corrected chi connectivity index (χ3v) is 7.76. The molecule has 5 rings (SSSR count). The van der Waals surface area contributed by atoms with E-state index >= 15 is 0 Å². The van der Waals surface area contributed by atoms with Crippen molar-refractivity contribution in [3.05, 3.63) is 81.8 Å². The zero-order valence-corrected chi connectivity index (χ0v) is 22.3. The lowest BCUT2D eigenvalue weighted by Gasteiger charge is -2.36. The number of fused-ring (bicyclic) bond motifs is 1. The summed E-state index contributed by atoms with van der Waals surface area (Å²) in [6.45, 7) is 7.98. The number of nitrogens with zero attached hydrogens (tertiary/aromatic N) is 4. The smallest absolute Gasteiger partial charge is 0.256 e. The highest BCUT2D eigenvalue weighted by Crippen LogP contribution is 2.36. The number of hydrogen-bond acceptors (Lipinski definition) is 6. The molecule has 1 aliphatic heterocycles. The number of anilines is 1. The number of pyridine rings is 1. The van der Waals surface area contributed by atoms with Crippen LogP contribution in [-0.4, -0.2) is 45.6 Å². The van der Waals surface area contributed by atoms with Gasteiger partial charge in [0.1, 0.15) is 11.6 Å². The van der Waals surface area contributed by atoms with Crippen molar-refractivity contribution in [3.63, 3.8) is 0 Å². The minimum Gasteiger partial charge on any atom is -0.496 e. The second kappa shape index (κ2) is 10.7. The van der Waals surface area contributed by atoms with Crippen molar-refractivity contribution in [3.8, 4) is 5.75 Å². The Morgan fingerprint density at radius 2 is 1.97 bits per heavy atom. The van der Waals surface area contributed by atoms with Crippen LogP contribution in [0.3, 0.4) is 0 Å². The molecule has 9 nitrogen and oxygen atoms in total. The number of para-hydroxylation sites is 1. The maximum atomic E-state index is 13.5. The van der Waals surface area contributed by atoms with Crippen LogP contribution in [0.1, 0.15) is 53.1 Å². The first-order valence-corrected chi connectivity index (χ1v) is 13.0. The summed E-state index contributed by atoms with van der Waals surface area (Å²) in [6, 6.07) is 10.0. The van der Waals surface area contributed by atoms with E-state index in [1.54, 1.807) is 25.4 Å². The van der Waals surface area contributed by atoms with E-state index in [-0.39, 0.29) is 24.1 Å². The first-order valence-electron chi connectivity index (χ1n) is 13.0. The number of aryl methyl sites for hydroxylation is 1. The van der Waals surface area contributed by atoms with Gasteiger partial charge in [-0.2, -0.15) is 0 Å². The lowest BCUT2D eigenvalue weighted by Crippen LogP contribution is -2.37. The van der Waals surface area contributed by atoms with Crippen LogP contribution in [0.15, 0.2) is 53.7 Å². The number of piperidine rings is 1. The van der Waals surface area contributed by atoms with Crippen molar-refractivity contribution in [1.82, 2.24) is 24.8 Å². The van der Waals surface area contributed by atoms with Crippen LogP contribution in [0.4, 0.5) is 5.82 Å². The van der Waals surface area contributed by atoms with Crippen LogP contribution in [0.5, 0.6) is 5.75 Å².